The summed E-state index contributed by atoms with van der Waals surface area (Å²) >= 11 is 0. The zero-order valence-electron chi connectivity index (χ0n) is 12.4. The van der Waals surface area contributed by atoms with Crippen LogP contribution < -0.4 is 5.43 Å². The van der Waals surface area contributed by atoms with Crippen LogP contribution in [-0.4, -0.2) is 10.2 Å². The molecule has 5 heteroatoms. The summed E-state index contributed by atoms with van der Waals surface area (Å²) in [4.78, 5) is 12.5. The van der Waals surface area contributed by atoms with Crippen molar-refractivity contribution in [2.45, 2.75) is 0 Å². The van der Waals surface area contributed by atoms with Gasteiger partial charge < -0.3 is 19.0 Å². The van der Waals surface area contributed by atoms with Gasteiger partial charge in [0.2, 0.25) is 0 Å². The fourth-order valence-electron chi connectivity index (χ4n) is 2.73. The molecule has 0 bridgehead atoms. The lowest BCUT2D eigenvalue weighted by molar-refractivity contribution is 0.453. The summed E-state index contributed by atoms with van der Waals surface area (Å²) in [6, 6.07) is 13.2. The molecule has 4 aromatic rings. The first-order valence-electron chi connectivity index (χ1n) is 7.26. The smallest absolute Gasteiger partial charge is 0.197 e. The van der Waals surface area contributed by atoms with E-state index in [-0.39, 0.29) is 22.5 Å². The van der Waals surface area contributed by atoms with Crippen LogP contribution in [0.5, 0.6) is 11.5 Å². The van der Waals surface area contributed by atoms with Gasteiger partial charge in [0.15, 0.2) is 11.0 Å². The second kappa shape index (κ2) is 5.31. The van der Waals surface area contributed by atoms with Crippen LogP contribution in [0.15, 0.2) is 74.7 Å². The summed E-state index contributed by atoms with van der Waals surface area (Å²) in [6.45, 7) is 0. The van der Waals surface area contributed by atoms with Gasteiger partial charge in [0.05, 0.1) is 18.1 Å². The third kappa shape index (κ3) is 2.14. The fraction of sp³-hybridized carbons (Fsp3) is 0. The summed E-state index contributed by atoms with van der Waals surface area (Å²) < 4.78 is 10.9. The Labute approximate surface area is 136 Å². The van der Waals surface area contributed by atoms with Crippen LogP contribution in [0.4, 0.5) is 0 Å². The highest BCUT2D eigenvalue weighted by atomic mass is 16.3. The quantitative estimate of drug-likeness (QED) is 0.580. The Kier molecular flexibility index (Phi) is 3.13. The Hall–Kier alpha value is -3.47. The molecule has 0 saturated heterocycles. The summed E-state index contributed by atoms with van der Waals surface area (Å²) in [7, 11) is 0. The van der Waals surface area contributed by atoms with Crippen molar-refractivity contribution in [3.8, 4) is 33.9 Å². The Balaban J connectivity index is 2.13. The average Bonchev–Trinajstić information content (AvgIpc) is 3.09. The van der Waals surface area contributed by atoms with Crippen molar-refractivity contribution in [2.24, 2.45) is 0 Å². The van der Waals surface area contributed by atoms with Crippen LogP contribution in [0.3, 0.4) is 0 Å². The molecule has 0 aliphatic carbocycles. The minimum absolute atomic E-state index is 0.0173. The number of aromatic hydroxyl groups is 2. The van der Waals surface area contributed by atoms with Crippen molar-refractivity contribution < 1.29 is 19.0 Å². The molecule has 118 valence electrons. The molecule has 0 aliphatic heterocycles. The third-order valence-electron chi connectivity index (χ3n) is 3.83. The molecule has 2 heterocycles. The summed E-state index contributed by atoms with van der Waals surface area (Å²) in [5.41, 5.74) is 1.28. The number of hydrogen-bond acceptors (Lipinski definition) is 5. The molecule has 2 N–H and O–H groups in total. The average molecular weight is 320 g/mol. The molecule has 0 aliphatic rings. The maximum Gasteiger partial charge on any atom is 0.197 e. The standard InChI is InChI=1S/C19H12O5/c20-13-8-14(21)18-15(22)9-16(11-4-2-1-3-5-11)24-19(18)17(13)12-6-7-23-10-12/h1-10,20-21H. The van der Waals surface area contributed by atoms with Crippen molar-refractivity contribution in [3.63, 3.8) is 0 Å². The lowest BCUT2D eigenvalue weighted by atomic mass is 10.0. The van der Waals surface area contributed by atoms with Gasteiger partial charge in [0.25, 0.3) is 0 Å². The van der Waals surface area contributed by atoms with Crippen molar-refractivity contribution in [2.75, 3.05) is 0 Å². The predicted molar refractivity (Wildman–Crippen MR) is 89.0 cm³/mol. The molecule has 0 saturated carbocycles. The zero-order valence-corrected chi connectivity index (χ0v) is 12.4. The Morgan fingerprint density at radius 3 is 2.38 bits per heavy atom. The molecule has 0 amide bonds. The first kappa shape index (κ1) is 14.1. The molecule has 0 unspecified atom stereocenters. The SMILES string of the molecule is O=c1cc(-c2ccccc2)oc2c(-c3ccoc3)c(O)cc(O)c12. The van der Waals surface area contributed by atoms with Gasteiger partial charge >= 0.3 is 0 Å². The van der Waals surface area contributed by atoms with Gasteiger partial charge in [-0.1, -0.05) is 30.3 Å². The van der Waals surface area contributed by atoms with Gasteiger partial charge in [0, 0.05) is 23.3 Å². The molecule has 0 atom stereocenters. The van der Waals surface area contributed by atoms with E-state index in [4.69, 9.17) is 8.83 Å². The van der Waals surface area contributed by atoms with Crippen LogP contribution >= 0.6 is 0 Å². The van der Waals surface area contributed by atoms with E-state index in [1.807, 2.05) is 30.3 Å². The minimum Gasteiger partial charge on any atom is -0.507 e. The van der Waals surface area contributed by atoms with Crippen molar-refractivity contribution in [1.82, 2.24) is 0 Å². The van der Waals surface area contributed by atoms with Crippen molar-refractivity contribution >= 4 is 11.0 Å². The van der Waals surface area contributed by atoms with E-state index in [0.717, 1.165) is 11.6 Å². The van der Waals surface area contributed by atoms with Gasteiger partial charge in [-0.2, -0.15) is 0 Å². The highest BCUT2D eigenvalue weighted by Crippen LogP contribution is 2.41. The number of rotatable bonds is 2. The molecule has 2 aromatic heterocycles. The monoisotopic (exact) mass is 320 g/mol. The topological polar surface area (TPSA) is 83.8 Å². The largest absolute Gasteiger partial charge is 0.507 e. The highest BCUT2D eigenvalue weighted by molar-refractivity contribution is 5.99. The Morgan fingerprint density at radius 1 is 0.875 bits per heavy atom. The second-order valence-electron chi connectivity index (χ2n) is 5.35. The summed E-state index contributed by atoms with van der Waals surface area (Å²) in [5.74, 6) is -0.180. The molecule has 0 radical (unpaired) electrons. The van der Waals surface area contributed by atoms with E-state index in [0.29, 0.717) is 16.9 Å². The van der Waals surface area contributed by atoms with E-state index < -0.39 is 5.43 Å². The highest BCUT2D eigenvalue weighted by Gasteiger charge is 2.20. The normalized spacial score (nSPS) is 11.0. The summed E-state index contributed by atoms with van der Waals surface area (Å²) in [5, 5.41) is 20.3. The second-order valence-corrected chi connectivity index (χ2v) is 5.35. The number of hydrogen-bond donors (Lipinski definition) is 2. The molecular formula is C19H12O5. The van der Waals surface area contributed by atoms with Gasteiger partial charge in [-0.3, -0.25) is 4.79 Å². The molecule has 0 spiro atoms. The van der Waals surface area contributed by atoms with E-state index in [2.05, 4.69) is 0 Å². The number of benzene rings is 2. The number of phenols is 2. The van der Waals surface area contributed by atoms with Gasteiger partial charge in [-0.05, 0) is 6.07 Å². The minimum atomic E-state index is -0.391. The van der Waals surface area contributed by atoms with Gasteiger partial charge in [0.1, 0.15) is 22.6 Å². The first-order chi connectivity index (χ1) is 11.6. The van der Waals surface area contributed by atoms with E-state index in [9.17, 15) is 15.0 Å². The number of fused-ring (bicyclic) bond motifs is 1. The number of phenolic OH excluding ortho intramolecular Hbond substituents is 2. The van der Waals surface area contributed by atoms with Gasteiger partial charge in [-0.15, -0.1) is 0 Å². The van der Waals surface area contributed by atoms with Crippen molar-refractivity contribution in [1.29, 1.82) is 0 Å². The molecular weight excluding hydrogens is 308 g/mol. The van der Waals surface area contributed by atoms with Crippen molar-refractivity contribution in [3.05, 3.63) is 71.3 Å². The molecule has 0 fully saturated rings. The number of furan rings is 1. The van der Waals surface area contributed by atoms with Gasteiger partial charge in [-0.25, -0.2) is 0 Å². The maximum absolute atomic E-state index is 12.5. The van der Waals surface area contributed by atoms with Crippen LogP contribution in [0.1, 0.15) is 0 Å². The van der Waals surface area contributed by atoms with E-state index >= 15 is 0 Å². The van der Waals surface area contributed by atoms with E-state index in [1.54, 1.807) is 6.07 Å². The van der Waals surface area contributed by atoms with Crippen LogP contribution in [0.25, 0.3) is 33.4 Å². The van der Waals surface area contributed by atoms with Crippen LogP contribution in [0, 0.1) is 0 Å². The molecule has 24 heavy (non-hydrogen) atoms. The Morgan fingerprint density at radius 2 is 1.67 bits per heavy atom. The fourth-order valence-corrected chi connectivity index (χ4v) is 2.73. The molecule has 2 aromatic carbocycles. The first-order valence-corrected chi connectivity index (χ1v) is 7.26. The molecule has 4 rings (SSSR count). The maximum atomic E-state index is 12.5. The van der Waals surface area contributed by atoms with E-state index in [1.165, 1.54) is 18.6 Å². The lowest BCUT2D eigenvalue weighted by Crippen LogP contribution is -2.02. The Bertz CT molecular complexity index is 1080. The lowest BCUT2D eigenvalue weighted by Gasteiger charge is -2.10. The summed E-state index contributed by atoms with van der Waals surface area (Å²) in [6.07, 6.45) is 2.88. The van der Waals surface area contributed by atoms with Crippen LogP contribution in [-0.2, 0) is 0 Å². The third-order valence-corrected chi connectivity index (χ3v) is 3.83. The molecule has 5 nitrogen and oxygen atoms in total. The predicted octanol–water partition coefficient (Wildman–Crippen LogP) is 4.13. The zero-order chi connectivity index (χ0) is 16.7. The van der Waals surface area contributed by atoms with Crippen LogP contribution in [0.2, 0.25) is 0 Å².